The number of rotatable bonds is 7. The van der Waals surface area contributed by atoms with Crippen molar-refractivity contribution in [2.45, 2.75) is 0 Å². The molecule has 6 nitrogen and oxygen atoms in total. The SMILES string of the molecule is C=CCNC(=O)COC(=O)CNC(=O)c1ccccc1I. The third kappa shape index (κ3) is 6.39. The van der Waals surface area contributed by atoms with Crippen molar-refractivity contribution >= 4 is 40.4 Å². The quantitative estimate of drug-likeness (QED) is 0.403. The lowest BCUT2D eigenvalue weighted by Crippen LogP contribution is -2.34. The number of halogens is 1. The highest BCUT2D eigenvalue weighted by atomic mass is 127. The molecule has 1 aromatic rings. The Hall–Kier alpha value is -1.90. The molecule has 0 unspecified atom stereocenters. The van der Waals surface area contributed by atoms with Crippen LogP contribution in [0.5, 0.6) is 0 Å². The van der Waals surface area contributed by atoms with Crippen molar-refractivity contribution in [3.63, 3.8) is 0 Å². The van der Waals surface area contributed by atoms with Gasteiger partial charge in [0.05, 0.1) is 5.56 Å². The highest BCUT2D eigenvalue weighted by molar-refractivity contribution is 14.1. The molecule has 0 atom stereocenters. The van der Waals surface area contributed by atoms with Gasteiger partial charge in [0.25, 0.3) is 11.8 Å². The van der Waals surface area contributed by atoms with Gasteiger partial charge in [0, 0.05) is 10.1 Å². The standard InChI is InChI=1S/C14H15IN2O4/c1-2-7-16-12(18)9-21-13(19)8-17-14(20)10-5-3-4-6-11(10)15/h2-6H,1,7-9H2,(H,16,18)(H,17,20). The molecule has 0 saturated carbocycles. The normalized spacial score (nSPS) is 9.57. The topological polar surface area (TPSA) is 84.5 Å². The average molecular weight is 402 g/mol. The molecule has 0 aliphatic rings. The summed E-state index contributed by atoms with van der Waals surface area (Å²) in [7, 11) is 0. The van der Waals surface area contributed by atoms with Crippen molar-refractivity contribution in [2.24, 2.45) is 0 Å². The van der Waals surface area contributed by atoms with Crippen LogP contribution in [-0.4, -0.2) is 37.5 Å². The molecule has 0 heterocycles. The molecule has 0 fully saturated rings. The van der Waals surface area contributed by atoms with Gasteiger partial charge in [-0.1, -0.05) is 18.2 Å². The van der Waals surface area contributed by atoms with Crippen LogP contribution in [0.25, 0.3) is 0 Å². The number of benzene rings is 1. The summed E-state index contributed by atoms with van der Waals surface area (Å²) in [5.74, 6) is -1.47. The van der Waals surface area contributed by atoms with E-state index in [-0.39, 0.29) is 19.1 Å². The van der Waals surface area contributed by atoms with E-state index >= 15 is 0 Å². The molecule has 0 spiro atoms. The minimum atomic E-state index is -0.678. The van der Waals surface area contributed by atoms with Crippen molar-refractivity contribution in [1.29, 1.82) is 0 Å². The van der Waals surface area contributed by atoms with Gasteiger partial charge in [-0.3, -0.25) is 14.4 Å². The van der Waals surface area contributed by atoms with Gasteiger partial charge in [-0.15, -0.1) is 6.58 Å². The second-order valence-corrected chi connectivity index (χ2v) is 5.08. The first-order valence-corrected chi connectivity index (χ1v) is 7.18. The summed E-state index contributed by atoms with van der Waals surface area (Å²) >= 11 is 2.03. The molecule has 2 N–H and O–H groups in total. The van der Waals surface area contributed by atoms with Gasteiger partial charge in [-0.2, -0.15) is 0 Å². The fraction of sp³-hybridized carbons (Fsp3) is 0.214. The third-order valence-corrected chi connectivity index (χ3v) is 3.26. The van der Waals surface area contributed by atoms with Gasteiger partial charge in [0.15, 0.2) is 6.61 Å². The Bertz CT molecular complexity index is 546. The minimum absolute atomic E-state index is 0.293. The third-order valence-electron chi connectivity index (χ3n) is 2.32. The molecule has 0 aliphatic heterocycles. The van der Waals surface area contributed by atoms with Crippen LogP contribution in [-0.2, 0) is 14.3 Å². The maximum absolute atomic E-state index is 11.8. The van der Waals surface area contributed by atoms with Crippen molar-refractivity contribution in [3.05, 3.63) is 46.1 Å². The van der Waals surface area contributed by atoms with Crippen molar-refractivity contribution in [1.82, 2.24) is 10.6 Å². The first-order valence-electron chi connectivity index (χ1n) is 6.10. The molecule has 0 aliphatic carbocycles. The Morgan fingerprint density at radius 1 is 1.24 bits per heavy atom. The summed E-state index contributed by atoms with van der Waals surface area (Å²) in [5, 5.41) is 4.90. The predicted octanol–water partition coefficient (Wildman–Crippen LogP) is 0.866. The zero-order valence-electron chi connectivity index (χ0n) is 11.2. The summed E-state index contributed by atoms with van der Waals surface area (Å²) in [6.07, 6.45) is 1.52. The molecule has 0 saturated heterocycles. The Balaban J connectivity index is 2.33. The average Bonchev–Trinajstić information content (AvgIpc) is 2.48. The molecular weight excluding hydrogens is 387 g/mol. The molecule has 1 aromatic carbocycles. The van der Waals surface area contributed by atoms with Crippen molar-refractivity contribution in [3.8, 4) is 0 Å². The van der Waals surface area contributed by atoms with E-state index in [1.807, 2.05) is 28.7 Å². The van der Waals surface area contributed by atoms with E-state index < -0.39 is 11.9 Å². The first kappa shape index (κ1) is 17.2. The lowest BCUT2D eigenvalue weighted by Gasteiger charge is -2.07. The van der Waals surface area contributed by atoms with Crippen LogP contribution >= 0.6 is 22.6 Å². The number of amides is 2. The maximum Gasteiger partial charge on any atom is 0.325 e. The summed E-state index contributed by atoms with van der Waals surface area (Å²) < 4.78 is 5.50. The van der Waals surface area contributed by atoms with Crippen LogP contribution in [0.1, 0.15) is 10.4 Å². The zero-order valence-corrected chi connectivity index (χ0v) is 13.4. The van der Waals surface area contributed by atoms with Crippen LogP contribution in [0.15, 0.2) is 36.9 Å². The van der Waals surface area contributed by atoms with Gasteiger partial charge in [0.2, 0.25) is 0 Å². The minimum Gasteiger partial charge on any atom is -0.454 e. The number of carbonyl (C=O) groups is 3. The van der Waals surface area contributed by atoms with Crippen molar-refractivity contribution in [2.75, 3.05) is 19.7 Å². The van der Waals surface area contributed by atoms with Gasteiger partial charge in [0.1, 0.15) is 6.54 Å². The number of hydrogen-bond acceptors (Lipinski definition) is 4. The van der Waals surface area contributed by atoms with Gasteiger partial charge >= 0.3 is 5.97 Å². The van der Waals surface area contributed by atoms with Crippen LogP contribution in [0, 0.1) is 3.57 Å². The smallest absolute Gasteiger partial charge is 0.325 e. The van der Waals surface area contributed by atoms with E-state index in [1.165, 1.54) is 6.08 Å². The first-order chi connectivity index (χ1) is 10.0. The fourth-order valence-corrected chi connectivity index (χ4v) is 1.96. The van der Waals surface area contributed by atoms with E-state index in [0.29, 0.717) is 12.1 Å². The molecule has 0 aromatic heterocycles. The Morgan fingerprint density at radius 2 is 1.95 bits per heavy atom. The number of ether oxygens (including phenoxy) is 1. The maximum atomic E-state index is 11.8. The Morgan fingerprint density at radius 3 is 2.62 bits per heavy atom. The number of hydrogen-bond donors (Lipinski definition) is 2. The number of esters is 1. The van der Waals surface area contributed by atoms with E-state index in [4.69, 9.17) is 4.74 Å². The van der Waals surface area contributed by atoms with Crippen LogP contribution in [0.3, 0.4) is 0 Å². The lowest BCUT2D eigenvalue weighted by molar-refractivity contribution is -0.147. The predicted molar refractivity (Wildman–Crippen MR) is 85.7 cm³/mol. The zero-order chi connectivity index (χ0) is 15.7. The summed E-state index contributed by atoms with van der Waals surface area (Å²) in [4.78, 5) is 34.4. The second kappa shape index (κ2) is 9.11. The molecule has 112 valence electrons. The second-order valence-electron chi connectivity index (χ2n) is 3.92. The van der Waals surface area contributed by atoms with E-state index in [0.717, 1.165) is 3.57 Å². The molecular formula is C14H15IN2O4. The summed E-state index contributed by atoms with van der Waals surface area (Å²) in [6, 6.07) is 7.00. The van der Waals surface area contributed by atoms with Crippen LogP contribution in [0.4, 0.5) is 0 Å². The monoisotopic (exact) mass is 402 g/mol. The lowest BCUT2D eigenvalue weighted by atomic mass is 10.2. The van der Waals surface area contributed by atoms with Crippen LogP contribution < -0.4 is 10.6 Å². The van der Waals surface area contributed by atoms with Gasteiger partial charge in [-0.25, -0.2) is 0 Å². The Labute approximate surface area is 136 Å². The van der Waals surface area contributed by atoms with E-state index in [2.05, 4.69) is 17.2 Å². The highest BCUT2D eigenvalue weighted by Crippen LogP contribution is 2.10. The van der Waals surface area contributed by atoms with E-state index in [1.54, 1.807) is 18.2 Å². The van der Waals surface area contributed by atoms with Crippen molar-refractivity contribution < 1.29 is 19.1 Å². The largest absolute Gasteiger partial charge is 0.454 e. The summed E-state index contributed by atoms with van der Waals surface area (Å²) in [5.41, 5.74) is 0.481. The molecule has 7 heteroatoms. The Kier molecular flexibility index (Phi) is 7.44. The number of carbonyl (C=O) groups excluding carboxylic acids is 3. The van der Waals surface area contributed by atoms with Gasteiger partial charge in [-0.05, 0) is 34.7 Å². The molecule has 21 heavy (non-hydrogen) atoms. The highest BCUT2D eigenvalue weighted by Gasteiger charge is 2.12. The number of nitrogens with one attached hydrogen (secondary N) is 2. The van der Waals surface area contributed by atoms with Crippen LogP contribution in [0.2, 0.25) is 0 Å². The molecule has 0 radical (unpaired) electrons. The van der Waals surface area contributed by atoms with Gasteiger partial charge < -0.3 is 15.4 Å². The molecule has 0 bridgehead atoms. The molecule has 1 rings (SSSR count). The molecule has 2 amide bonds. The van der Waals surface area contributed by atoms with E-state index in [9.17, 15) is 14.4 Å². The summed E-state index contributed by atoms with van der Waals surface area (Å²) in [6.45, 7) is 3.07. The fourth-order valence-electron chi connectivity index (χ4n) is 1.33.